The van der Waals surface area contributed by atoms with E-state index >= 15 is 0 Å². The van der Waals surface area contributed by atoms with Crippen molar-refractivity contribution in [1.82, 2.24) is 9.55 Å². The van der Waals surface area contributed by atoms with Crippen molar-refractivity contribution >= 4 is 5.69 Å². The summed E-state index contributed by atoms with van der Waals surface area (Å²) in [6.45, 7) is 1.13. The molecule has 124 valence electrons. The monoisotopic (exact) mass is 316 g/mol. The molecule has 10 heteroatoms. The normalized spacial score (nSPS) is 35.0. The zero-order valence-electron chi connectivity index (χ0n) is 12.0. The minimum atomic E-state index is -2.19. The highest BCUT2D eigenvalue weighted by Gasteiger charge is 2.64. The number of nitrogens with one attached hydrogen (secondary N) is 1. The van der Waals surface area contributed by atoms with Gasteiger partial charge < -0.3 is 25.8 Å². The fourth-order valence-electron chi connectivity index (χ4n) is 2.76. The SMILES string of the molecule is CCC[C@@]1(O)[C@H](O)[C@@H](CO)O[C@@]1(N)n1cc(N)c(=O)[nH]c1=O. The molecule has 22 heavy (non-hydrogen) atoms. The molecule has 4 atom stereocenters. The maximum Gasteiger partial charge on any atom is 0.331 e. The van der Waals surface area contributed by atoms with Gasteiger partial charge in [-0.25, -0.2) is 4.79 Å². The van der Waals surface area contributed by atoms with Gasteiger partial charge in [0.05, 0.1) is 6.61 Å². The molecular weight excluding hydrogens is 296 g/mol. The van der Waals surface area contributed by atoms with E-state index < -0.39 is 41.5 Å². The molecule has 1 saturated heterocycles. The highest BCUT2D eigenvalue weighted by atomic mass is 16.6. The molecular formula is C12H20N4O6. The van der Waals surface area contributed by atoms with E-state index in [0.29, 0.717) is 6.42 Å². The lowest BCUT2D eigenvalue weighted by atomic mass is 9.86. The Morgan fingerprint density at radius 3 is 2.68 bits per heavy atom. The molecule has 0 spiro atoms. The first-order valence-corrected chi connectivity index (χ1v) is 6.81. The molecule has 0 aliphatic carbocycles. The summed E-state index contributed by atoms with van der Waals surface area (Å²) in [4.78, 5) is 25.3. The minimum absolute atomic E-state index is 0.00730. The van der Waals surface area contributed by atoms with Gasteiger partial charge in [0, 0.05) is 6.20 Å². The maximum atomic E-state index is 12.0. The van der Waals surface area contributed by atoms with Crippen LogP contribution in [0.4, 0.5) is 5.69 Å². The molecule has 1 aromatic rings. The number of anilines is 1. The van der Waals surface area contributed by atoms with Crippen LogP contribution in [-0.2, 0) is 10.6 Å². The van der Waals surface area contributed by atoms with Crippen LogP contribution in [0.1, 0.15) is 19.8 Å². The third-order valence-corrected chi connectivity index (χ3v) is 3.93. The third-order valence-electron chi connectivity index (χ3n) is 3.93. The second kappa shape index (κ2) is 5.48. The number of hydrogen-bond donors (Lipinski definition) is 6. The number of nitrogens with zero attached hydrogens (tertiary/aromatic N) is 1. The smallest absolute Gasteiger partial charge is 0.331 e. The van der Waals surface area contributed by atoms with E-state index in [1.165, 1.54) is 0 Å². The first-order chi connectivity index (χ1) is 10.2. The highest BCUT2D eigenvalue weighted by molar-refractivity contribution is 5.31. The molecule has 8 N–H and O–H groups in total. The van der Waals surface area contributed by atoms with Crippen LogP contribution in [0.15, 0.2) is 15.8 Å². The van der Waals surface area contributed by atoms with Gasteiger partial charge in [0.15, 0.2) is 5.60 Å². The number of rotatable bonds is 4. The number of hydrogen-bond acceptors (Lipinski definition) is 8. The number of nitrogen functional groups attached to an aromatic ring is 1. The Kier molecular flexibility index (Phi) is 4.15. The Morgan fingerprint density at radius 1 is 1.50 bits per heavy atom. The summed E-state index contributed by atoms with van der Waals surface area (Å²) >= 11 is 0. The molecule has 0 aromatic carbocycles. The standard InChI is InChI=1S/C12H20N4O6/c1-2-3-11(21)8(18)7(5-17)22-12(11,14)16-4-6(13)9(19)15-10(16)20/h4,7-8,17-18,21H,2-3,5,13-14H2,1H3,(H,15,19,20)/t7-,8-,11-,12+/m1/s1. The number of H-pyrrole nitrogens is 1. The Bertz CT molecular complexity index is 672. The Labute approximate surface area is 124 Å². The van der Waals surface area contributed by atoms with Crippen molar-refractivity contribution in [3.05, 3.63) is 27.0 Å². The van der Waals surface area contributed by atoms with Crippen LogP contribution >= 0.6 is 0 Å². The van der Waals surface area contributed by atoms with E-state index in [-0.39, 0.29) is 12.1 Å². The predicted octanol–water partition coefficient (Wildman–Crippen LogP) is -3.03. The van der Waals surface area contributed by atoms with Crippen molar-refractivity contribution in [1.29, 1.82) is 0 Å². The summed E-state index contributed by atoms with van der Waals surface area (Å²) in [5.74, 6) is -2.19. The highest BCUT2D eigenvalue weighted by Crippen LogP contribution is 2.42. The van der Waals surface area contributed by atoms with Crippen LogP contribution in [0.3, 0.4) is 0 Å². The van der Waals surface area contributed by atoms with Gasteiger partial charge in [-0.15, -0.1) is 0 Å². The molecule has 0 saturated carbocycles. The van der Waals surface area contributed by atoms with Crippen LogP contribution in [0.5, 0.6) is 0 Å². The van der Waals surface area contributed by atoms with Crippen LogP contribution in [0.2, 0.25) is 0 Å². The lowest BCUT2D eigenvalue weighted by molar-refractivity contribution is -0.198. The Balaban J connectivity index is 2.67. The first kappa shape index (κ1) is 16.6. The molecule has 1 aliphatic heterocycles. The number of ether oxygens (including phenoxy) is 1. The summed E-state index contributed by atoms with van der Waals surface area (Å²) < 4.78 is 6.07. The maximum absolute atomic E-state index is 12.0. The summed E-state index contributed by atoms with van der Waals surface area (Å²) in [6, 6.07) is 0. The first-order valence-electron chi connectivity index (χ1n) is 6.81. The van der Waals surface area contributed by atoms with Gasteiger partial charge in [0.1, 0.15) is 17.9 Å². The zero-order chi connectivity index (χ0) is 16.7. The van der Waals surface area contributed by atoms with Gasteiger partial charge in [-0.05, 0) is 6.42 Å². The van der Waals surface area contributed by atoms with Crippen molar-refractivity contribution in [3.63, 3.8) is 0 Å². The van der Waals surface area contributed by atoms with Crippen molar-refractivity contribution in [3.8, 4) is 0 Å². The van der Waals surface area contributed by atoms with E-state index in [0.717, 1.165) is 10.8 Å². The molecule has 0 unspecified atom stereocenters. The van der Waals surface area contributed by atoms with Crippen LogP contribution in [0, 0.1) is 0 Å². The predicted molar refractivity (Wildman–Crippen MR) is 75.7 cm³/mol. The van der Waals surface area contributed by atoms with Crippen molar-refractivity contribution in [2.45, 2.75) is 43.4 Å². The van der Waals surface area contributed by atoms with Gasteiger partial charge in [0.25, 0.3) is 5.56 Å². The number of aliphatic hydroxyl groups excluding tert-OH is 2. The largest absolute Gasteiger partial charge is 0.394 e. The molecule has 1 aromatic heterocycles. The summed E-state index contributed by atoms with van der Waals surface area (Å²) in [6.07, 6.45) is -1.37. The Morgan fingerprint density at radius 2 is 2.14 bits per heavy atom. The van der Waals surface area contributed by atoms with Gasteiger partial charge in [-0.2, -0.15) is 0 Å². The van der Waals surface area contributed by atoms with Crippen molar-refractivity contribution in [2.75, 3.05) is 12.3 Å². The van der Waals surface area contributed by atoms with Gasteiger partial charge in [-0.3, -0.25) is 20.1 Å². The van der Waals surface area contributed by atoms with E-state index in [1.54, 1.807) is 6.92 Å². The molecule has 10 nitrogen and oxygen atoms in total. The zero-order valence-corrected chi connectivity index (χ0v) is 12.0. The van der Waals surface area contributed by atoms with E-state index in [9.17, 15) is 24.9 Å². The topological polar surface area (TPSA) is 177 Å². The summed E-state index contributed by atoms with van der Waals surface area (Å²) in [5, 5.41) is 30.3. The van der Waals surface area contributed by atoms with Gasteiger partial charge in [0.2, 0.25) is 5.85 Å². The second-order valence-electron chi connectivity index (χ2n) is 5.37. The molecule has 2 heterocycles. The average Bonchev–Trinajstić information content (AvgIpc) is 2.65. The average molecular weight is 316 g/mol. The lowest BCUT2D eigenvalue weighted by Crippen LogP contribution is -2.65. The fourth-order valence-corrected chi connectivity index (χ4v) is 2.76. The molecule has 1 aliphatic rings. The molecule has 1 fully saturated rings. The second-order valence-corrected chi connectivity index (χ2v) is 5.37. The molecule has 2 rings (SSSR count). The van der Waals surface area contributed by atoms with E-state index in [4.69, 9.17) is 16.2 Å². The number of nitrogens with two attached hydrogens (primary N) is 2. The van der Waals surface area contributed by atoms with E-state index in [2.05, 4.69) is 0 Å². The van der Waals surface area contributed by atoms with Crippen LogP contribution in [-0.4, -0.2) is 49.3 Å². The molecule has 0 radical (unpaired) electrons. The summed E-state index contributed by atoms with van der Waals surface area (Å²) in [5.41, 5.74) is 7.41. The fraction of sp³-hybridized carbons (Fsp3) is 0.667. The molecule has 0 bridgehead atoms. The van der Waals surface area contributed by atoms with Gasteiger partial charge in [-0.1, -0.05) is 13.3 Å². The van der Waals surface area contributed by atoms with Gasteiger partial charge >= 0.3 is 5.69 Å². The lowest BCUT2D eigenvalue weighted by Gasteiger charge is -2.39. The number of aromatic amines is 1. The van der Waals surface area contributed by atoms with Crippen molar-refractivity contribution in [2.24, 2.45) is 5.73 Å². The van der Waals surface area contributed by atoms with Crippen molar-refractivity contribution < 1.29 is 20.1 Å². The quantitative estimate of drug-likeness (QED) is 0.339. The number of aliphatic hydroxyl groups is 3. The Hall–Kier alpha value is -1.72. The summed E-state index contributed by atoms with van der Waals surface area (Å²) in [7, 11) is 0. The van der Waals surface area contributed by atoms with Crippen LogP contribution < -0.4 is 22.7 Å². The third kappa shape index (κ3) is 2.16. The molecule has 0 amide bonds. The minimum Gasteiger partial charge on any atom is -0.394 e. The number of aromatic nitrogens is 2. The van der Waals surface area contributed by atoms with Crippen LogP contribution in [0.25, 0.3) is 0 Å². The van der Waals surface area contributed by atoms with E-state index in [1.807, 2.05) is 4.98 Å².